The maximum Gasteiger partial charge on any atom is 0.270 e. The Bertz CT molecular complexity index is 1950. The first-order valence-electron chi connectivity index (χ1n) is 12.5. The Balaban J connectivity index is 1.60. The SMILES string of the molecule is Cc1cc([C@@H](C)Nc2ccc(F)cc2C#N)c2cc(-c3cnc(-c4cnn(C)c(=O)c4C)nc3)n(C)c(=O)c2c1. The van der Waals surface area contributed by atoms with Crippen LogP contribution in [0.1, 0.15) is 35.2 Å². The van der Waals surface area contributed by atoms with Crippen LogP contribution in [0.4, 0.5) is 10.1 Å². The highest BCUT2D eigenvalue weighted by Gasteiger charge is 2.18. The lowest BCUT2D eigenvalue weighted by molar-refractivity contribution is 0.627. The van der Waals surface area contributed by atoms with Crippen LogP contribution >= 0.6 is 0 Å². The number of nitriles is 1. The number of benzene rings is 2. The van der Waals surface area contributed by atoms with Gasteiger partial charge in [-0.3, -0.25) is 9.59 Å². The summed E-state index contributed by atoms with van der Waals surface area (Å²) in [6, 6.07) is 11.5. The normalized spacial score (nSPS) is 11.8. The molecule has 0 spiro atoms. The Morgan fingerprint density at radius 3 is 2.40 bits per heavy atom. The number of anilines is 1. The molecule has 0 aliphatic heterocycles. The van der Waals surface area contributed by atoms with Crippen molar-refractivity contribution in [1.82, 2.24) is 24.3 Å². The van der Waals surface area contributed by atoms with Gasteiger partial charge in [0.25, 0.3) is 11.1 Å². The van der Waals surface area contributed by atoms with Gasteiger partial charge in [0.15, 0.2) is 5.82 Å². The summed E-state index contributed by atoms with van der Waals surface area (Å²) in [7, 11) is 3.28. The first-order valence-corrected chi connectivity index (χ1v) is 12.5. The Hall–Kier alpha value is -5.17. The summed E-state index contributed by atoms with van der Waals surface area (Å²) in [5, 5.41) is 18.1. The molecule has 0 fully saturated rings. The Morgan fingerprint density at radius 1 is 0.975 bits per heavy atom. The van der Waals surface area contributed by atoms with Crippen LogP contribution in [0.3, 0.4) is 0 Å². The molecule has 0 amide bonds. The molecule has 0 bridgehead atoms. The monoisotopic (exact) mass is 535 g/mol. The molecule has 0 radical (unpaired) electrons. The van der Waals surface area contributed by atoms with Gasteiger partial charge >= 0.3 is 0 Å². The van der Waals surface area contributed by atoms with E-state index in [1.807, 2.05) is 38.1 Å². The van der Waals surface area contributed by atoms with Gasteiger partial charge in [-0.15, -0.1) is 0 Å². The maximum atomic E-state index is 13.7. The van der Waals surface area contributed by atoms with E-state index >= 15 is 0 Å². The van der Waals surface area contributed by atoms with Crippen molar-refractivity contribution >= 4 is 16.5 Å². The van der Waals surface area contributed by atoms with E-state index in [4.69, 9.17) is 0 Å². The molecule has 9 nitrogen and oxygen atoms in total. The van der Waals surface area contributed by atoms with Gasteiger partial charge in [0.05, 0.1) is 23.1 Å². The molecule has 0 aliphatic carbocycles. The van der Waals surface area contributed by atoms with E-state index in [9.17, 15) is 19.2 Å². The van der Waals surface area contributed by atoms with Crippen LogP contribution < -0.4 is 16.4 Å². The zero-order valence-electron chi connectivity index (χ0n) is 22.7. The van der Waals surface area contributed by atoms with Crippen LogP contribution in [0.15, 0.2) is 64.6 Å². The fourth-order valence-electron chi connectivity index (χ4n) is 4.84. The number of hydrogen-bond donors (Lipinski definition) is 1. The first kappa shape index (κ1) is 26.4. The molecule has 10 heteroatoms. The molecule has 3 aromatic heterocycles. The molecule has 2 aromatic carbocycles. The van der Waals surface area contributed by atoms with E-state index in [-0.39, 0.29) is 22.7 Å². The molecule has 40 heavy (non-hydrogen) atoms. The minimum atomic E-state index is -0.488. The van der Waals surface area contributed by atoms with E-state index < -0.39 is 5.82 Å². The average Bonchev–Trinajstić information content (AvgIpc) is 2.94. The standard InChI is InChI=1S/C30H26FN7O2/c1-16-8-22(18(3)36-26-7-6-21(31)10-19(26)12-32)23-11-27(37(4)30(40)24(23)9-16)20-13-33-28(34-14-20)25-15-35-38(5)29(39)17(25)2/h6-11,13-15,18,36H,1-5H3/t18-/m1/s1. The van der Waals surface area contributed by atoms with Gasteiger partial charge in [-0.05, 0) is 67.6 Å². The minimum absolute atomic E-state index is 0.181. The van der Waals surface area contributed by atoms with Crippen molar-refractivity contribution in [3.05, 3.63) is 104 Å². The summed E-state index contributed by atoms with van der Waals surface area (Å²) >= 11 is 0. The summed E-state index contributed by atoms with van der Waals surface area (Å²) in [4.78, 5) is 34.8. The van der Waals surface area contributed by atoms with Crippen molar-refractivity contribution in [2.24, 2.45) is 14.1 Å². The van der Waals surface area contributed by atoms with E-state index in [0.717, 1.165) is 16.5 Å². The van der Waals surface area contributed by atoms with Crippen molar-refractivity contribution in [1.29, 1.82) is 5.26 Å². The highest BCUT2D eigenvalue weighted by Crippen LogP contribution is 2.31. The summed E-state index contributed by atoms with van der Waals surface area (Å²) in [5.41, 5.74) is 4.31. The third-order valence-corrected chi connectivity index (χ3v) is 7.04. The third kappa shape index (κ3) is 4.62. The van der Waals surface area contributed by atoms with E-state index in [1.165, 1.54) is 22.9 Å². The molecule has 1 atom stereocenters. The molecule has 200 valence electrons. The number of aryl methyl sites for hydroxylation is 2. The molecule has 0 saturated carbocycles. The van der Waals surface area contributed by atoms with Crippen LogP contribution in [0, 0.1) is 31.0 Å². The summed E-state index contributed by atoms with van der Waals surface area (Å²) in [6.07, 6.45) is 4.79. The first-order chi connectivity index (χ1) is 19.1. The van der Waals surface area contributed by atoms with Crippen LogP contribution in [-0.2, 0) is 14.1 Å². The van der Waals surface area contributed by atoms with Gasteiger partial charge in [-0.25, -0.2) is 19.0 Å². The molecule has 0 aliphatic rings. The van der Waals surface area contributed by atoms with E-state index in [1.54, 1.807) is 44.2 Å². The van der Waals surface area contributed by atoms with Crippen molar-refractivity contribution in [3.63, 3.8) is 0 Å². The molecular formula is C30H26FN7O2. The summed E-state index contributed by atoms with van der Waals surface area (Å²) < 4.78 is 16.5. The number of hydrogen-bond acceptors (Lipinski definition) is 7. The molecule has 0 saturated heterocycles. The van der Waals surface area contributed by atoms with Gasteiger partial charge in [-0.1, -0.05) is 6.07 Å². The second-order valence-corrected chi connectivity index (χ2v) is 9.78. The lowest BCUT2D eigenvalue weighted by Gasteiger charge is -2.20. The van der Waals surface area contributed by atoms with Crippen LogP contribution in [0.2, 0.25) is 0 Å². The smallest absolute Gasteiger partial charge is 0.270 e. The summed E-state index contributed by atoms with van der Waals surface area (Å²) in [5.74, 6) is -0.128. The minimum Gasteiger partial charge on any atom is -0.377 e. The average molecular weight is 536 g/mol. The fourth-order valence-corrected chi connectivity index (χ4v) is 4.84. The quantitative estimate of drug-likeness (QED) is 0.351. The number of fused-ring (bicyclic) bond motifs is 1. The van der Waals surface area contributed by atoms with Crippen LogP contribution in [0.25, 0.3) is 33.4 Å². The van der Waals surface area contributed by atoms with Gasteiger partial charge in [0.2, 0.25) is 0 Å². The predicted octanol–water partition coefficient (Wildman–Crippen LogP) is 4.56. The molecule has 0 unspecified atom stereocenters. The van der Waals surface area contributed by atoms with Gasteiger partial charge in [0.1, 0.15) is 11.9 Å². The molecule has 5 aromatic rings. The number of halogens is 1. The fraction of sp³-hybridized carbons (Fsp3) is 0.200. The Labute approximate surface area is 229 Å². The number of aromatic nitrogens is 5. The summed E-state index contributed by atoms with van der Waals surface area (Å²) in [6.45, 7) is 5.55. The molecule has 5 rings (SSSR count). The number of pyridine rings is 1. The topological polar surface area (TPSA) is 118 Å². The number of rotatable bonds is 5. The predicted molar refractivity (Wildman–Crippen MR) is 151 cm³/mol. The second kappa shape index (κ2) is 10.2. The van der Waals surface area contributed by atoms with Crippen LogP contribution in [-0.4, -0.2) is 24.3 Å². The highest BCUT2D eigenvalue weighted by molar-refractivity contribution is 5.89. The third-order valence-electron chi connectivity index (χ3n) is 7.04. The van der Waals surface area contributed by atoms with Gasteiger partial charge in [-0.2, -0.15) is 10.4 Å². The zero-order chi connectivity index (χ0) is 28.7. The lowest BCUT2D eigenvalue weighted by Crippen LogP contribution is -2.22. The number of nitrogens with zero attached hydrogens (tertiary/aromatic N) is 6. The van der Waals surface area contributed by atoms with E-state index in [0.29, 0.717) is 39.3 Å². The maximum absolute atomic E-state index is 13.7. The van der Waals surface area contributed by atoms with Gasteiger partial charge in [0, 0.05) is 54.6 Å². The molecule has 1 N–H and O–H groups in total. The molecular weight excluding hydrogens is 509 g/mol. The number of nitrogens with one attached hydrogen (secondary N) is 1. The van der Waals surface area contributed by atoms with E-state index in [2.05, 4.69) is 20.4 Å². The Morgan fingerprint density at radius 2 is 1.70 bits per heavy atom. The van der Waals surface area contributed by atoms with Crippen molar-refractivity contribution < 1.29 is 4.39 Å². The van der Waals surface area contributed by atoms with Crippen LogP contribution in [0.5, 0.6) is 0 Å². The lowest BCUT2D eigenvalue weighted by atomic mass is 9.96. The van der Waals surface area contributed by atoms with Crippen molar-refractivity contribution in [2.75, 3.05) is 5.32 Å². The zero-order valence-corrected chi connectivity index (χ0v) is 22.7. The van der Waals surface area contributed by atoms with Crippen molar-refractivity contribution in [2.45, 2.75) is 26.8 Å². The van der Waals surface area contributed by atoms with Gasteiger partial charge < -0.3 is 9.88 Å². The molecule has 3 heterocycles. The highest BCUT2D eigenvalue weighted by atomic mass is 19.1. The largest absolute Gasteiger partial charge is 0.377 e. The second-order valence-electron chi connectivity index (χ2n) is 9.78. The Kier molecular flexibility index (Phi) is 6.73. The van der Waals surface area contributed by atoms with Crippen molar-refractivity contribution in [3.8, 4) is 28.7 Å².